The standard InChI is InChI=1S/C20H19N3O4/c1-12-10-17(14-6-4-5-7-16(14)21-12)23-20(25)22-13-8-9-18(26-2)15(11-13)19(24)27-3/h4-11H,1-3H3,(H2,21,22,23,25). The van der Waals surface area contributed by atoms with Gasteiger partial charge in [-0.3, -0.25) is 4.98 Å². The number of pyridine rings is 1. The van der Waals surface area contributed by atoms with Gasteiger partial charge in [0.2, 0.25) is 0 Å². The molecule has 0 aliphatic rings. The van der Waals surface area contributed by atoms with Gasteiger partial charge in [-0.1, -0.05) is 18.2 Å². The van der Waals surface area contributed by atoms with Gasteiger partial charge in [-0.15, -0.1) is 0 Å². The molecule has 0 saturated carbocycles. The zero-order valence-electron chi connectivity index (χ0n) is 15.2. The summed E-state index contributed by atoms with van der Waals surface area (Å²) in [6, 6.07) is 13.6. The maximum atomic E-state index is 12.5. The lowest BCUT2D eigenvalue weighted by atomic mass is 10.1. The van der Waals surface area contributed by atoms with Crippen molar-refractivity contribution in [3.63, 3.8) is 0 Å². The predicted molar refractivity (Wildman–Crippen MR) is 103 cm³/mol. The normalized spacial score (nSPS) is 10.3. The molecule has 1 heterocycles. The summed E-state index contributed by atoms with van der Waals surface area (Å²) in [6.07, 6.45) is 0. The maximum Gasteiger partial charge on any atom is 0.341 e. The summed E-state index contributed by atoms with van der Waals surface area (Å²) in [4.78, 5) is 28.8. The van der Waals surface area contributed by atoms with Gasteiger partial charge in [0, 0.05) is 16.8 Å². The number of amides is 2. The van der Waals surface area contributed by atoms with Gasteiger partial charge in [-0.2, -0.15) is 0 Å². The average molecular weight is 365 g/mol. The second-order valence-electron chi connectivity index (χ2n) is 5.81. The molecule has 3 rings (SSSR count). The van der Waals surface area contributed by atoms with Crippen LogP contribution < -0.4 is 15.4 Å². The number of fused-ring (bicyclic) bond motifs is 1. The Morgan fingerprint density at radius 2 is 1.78 bits per heavy atom. The van der Waals surface area contributed by atoms with E-state index in [4.69, 9.17) is 9.47 Å². The van der Waals surface area contributed by atoms with Crippen molar-refractivity contribution < 1.29 is 19.1 Å². The van der Waals surface area contributed by atoms with E-state index >= 15 is 0 Å². The van der Waals surface area contributed by atoms with Gasteiger partial charge in [0.15, 0.2) is 0 Å². The largest absolute Gasteiger partial charge is 0.496 e. The number of urea groups is 1. The molecule has 138 valence electrons. The Morgan fingerprint density at radius 1 is 1.00 bits per heavy atom. The van der Waals surface area contributed by atoms with E-state index in [0.29, 0.717) is 17.1 Å². The minimum atomic E-state index is -0.549. The SMILES string of the molecule is COC(=O)c1cc(NC(=O)Nc2cc(C)nc3ccccc23)ccc1OC. The van der Waals surface area contributed by atoms with Crippen LogP contribution in [0.1, 0.15) is 16.1 Å². The number of rotatable bonds is 4. The second kappa shape index (κ2) is 7.74. The van der Waals surface area contributed by atoms with Crippen LogP contribution in [0.2, 0.25) is 0 Å². The van der Waals surface area contributed by atoms with E-state index in [1.165, 1.54) is 20.3 Å². The van der Waals surface area contributed by atoms with Crippen molar-refractivity contribution >= 4 is 34.3 Å². The lowest BCUT2D eigenvalue weighted by Crippen LogP contribution is -2.20. The number of benzene rings is 2. The smallest absolute Gasteiger partial charge is 0.341 e. The Hall–Kier alpha value is -3.61. The molecular formula is C20H19N3O4. The van der Waals surface area contributed by atoms with E-state index in [1.807, 2.05) is 31.2 Å². The molecule has 27 heavy (non-hydrogen) atoms. The molecule has 2 amide bonds. The molecule has 0 radical (unpaired) electrons. The highest BCUT2D eigenvalue weighted by atomic mass is 16.5. The molecule has 0 spiro atoms. The van der Waals surface area contributed by atoms with E-state index in [0.717, 1.165) is 16.6 Å². The number of carbonyl (C=O) groups is 2. The first-order valence-electron chi connectivity index (χ1n) is 8.22. The van der Waals surface area contributed by atoms with Crippen molar-refractivity contribution in [2.45, 2.75) is 6.92 Å². The summed E-state index contributed by atoms with van der Waals surface area (Å²) in [5.74, 6) is -0.185. The number of hydrogen-bond donors (Lipinski definition) is 2. The van der Waals surface area contributed by atoms with E-state index in [-0.39, 0.29) is 5.56 Å². The molecule has 0 fully saturated rings. The fraction of sp³-hybridized carbons (Fsp3) is 0.150. The summed E-state index contributed by atoms with van der Waals surface area (Å²) in [5, 5.41) is 6.38. The number of nitrogens with one attached hydrogen (secondary N) is 2. The fourth-order valence-corrected chi connectivity index (χ4v) is 2.75. The Kier molecular flexibility index (Phi) is 5.21. The van der Waals surface area contributed by atoms with Gasteiger partial charge in [0.05, 0.1) is 25.4 Å². The molecule has 0 atom stereocenters. The highest BCUT2D eigenvalue weighted by Crippen LogP contribution is 2.25. The first-order chi connectivity index (χ1) is 13.0. The molecule has 0 aliphatic carbocycles. The summed E-state index contributed by atoms with van der Waals surface area (Å²) >= 11 is 0. The van der Waals surface area contributed by atoms with E-state index in [1.54, 1.807) is 18.2 Å². The molecule has 3 aromatic rings. The molecule has 0 bridgehead atoms. The van der Waals surface area contributed by atoms with Crippen LogP contribution >= 0.6 is 0 Å². The number of ether oxygens (including phenoxy) is 2. The van der Waals surface area contributed by atoms with E-state index < -0.39 is 12.0 Å². The van der Waals surface area contributed by atoms with E-state index in [2.05, 4.69) is 15.6 Å². The molecule has 0 aliphatic heterocycles. The molecular weight excluding hydrogens is 346 g/mol. The van der Waals surface area contributed by atoms with Crippen LogP contribution in [0, 0.1) is 6.92 Å². The molecule has 7 heteroatoms. The molecule has 1 aromatic heterocycles. The number of nitrogens with zero attached hydrogens (tertiary/aromatic N) is 1. The van der Waals surface area contributed by atoms with Crippen LogP contribution in [0.4, 0.5) is 16.2 Å². The Morgan fingerprint density at radius 3 is 2.52 bits per heavy atom. The summed E-state index contributed by atoms with van der Waals surface area (Å²) in [5.41, 5.74) is 2.90. The number of para-hydroxylation sites is 1. The summed E-state index contributed by atoms with van der Waals surface area (Å²) < 4.78 is 9.89. The van der Waals surface area contributed by atoms with Crippen LogP contribution in [-0.2, 0) is 4.74 Å². The maximum absolute atomic E-state index is 12.5. The molecule has 7 nitrogen and oxygen atoms in total. The van der Waals surface area contributed by atoms with Crippen molar-refractivity contribution in [3.8, 4) is 5.75 Å². The number of carbonyl (C=O) groups excluding carboxylic acids is 2. The first-order valence-corrected chi connectivity index (χ1v) is 8.22. The minimum Gasteiger partial charge on any atom is -0.496 e. The quantitative estimate of drug-likeness (QED) is 0.683. The highest BCUT2D eigenvalue weighted by molar-refractivity contribution is 6.06. The van der Waals surface area contributed by atoms with Crippen molar-refractivity contribution in [2.24, 2.45) is 0 Å². The van der Waals surface area contributed by atoms with Crippen molar-refractivity contribution in [1.29, 1.82) is 0 Å². The third-order valence-corrected chi connectivity index (χ3v) is 3.96. The summed E-state index contributed by atoms with van der Waals surface area (Å²) in [6.45, 7) is 1.86. The number of esters is 1. The Bertz CT molecular complexity index is 1020. The summed E-state index contributed by atoms with van der Waals surface area (Å²) in [7, 11) is 2.74. The van der Waals surface area contributed by atoms with Gasteiger partial charge in [0.25, 0.3) is 0 Å². The molecule has 0 unspecified atom stereocenters. The zero-order chi connectivity index (χ0) is 19.4. The van der Waals surface area contributed by atoms with Crippen molar-refractivity contribution in [2.75, 3.05) is 24.9 Å². The molecule has 0 saturated heterocycles. The van der Waals surface area contributed by atoms with Crippen LogP contribution in [0.15, 0.2) is 48.5 Å². The van der Waals surface area contributed by atoms with Crippen LogP contribution in [0.25, 0.3) is 10.9 Å². The van der Waals surface area contributed by atoms with E-state index in [9.17, 15) is 9.59 Å². The number of hydrogen-bond acceptors (Lipinski definition) is 5. The van der Waals surface area contributed by atoms with Crippen LogP contribution in [-0.4, -0.2) is 31.2 Å². The average Bonchev–Trinajstić information content (AvgIpc) is 2.67. The minimum absolute atomic E-state index is 0.225. The van der Waals surface area contributed by atoms with Crippen LogP contribution in [0.3, 0.4) is 0 Å². The third kappa shape index (κ3) is 3.98. The number of methoxy groups -OCH3 is 2. The van der Waals surface area contributed by atoms with Crippen molar-refractivity contribution in [3.05, 3.63) is 59.8 Å². The molecule has 2 aromatic carbocycles. The predicted octanol–water partition coefficient (Wildman–Crippen LogP) is 3.98. The number of anilines is 2. The topological polar surface area (TPSA) is 89.5 Å². The third-order valence-electron chi connectivity index (χ3n) is 3.96. The lowest BCUT2D eigenvalue weighted by molar-refractivity contribution is 0.0597. The lowest BCUT2D eigenvalue weighted by Gasteiger charge is -2.12. The van der Waals surface area contributed by atoms with Gasteiger partial charge in [-0.05, 0) is 37.3 Å². The number of aryl methyl sites for hydroxylation is 1. The first kappa shape index (κ1) is 18.2. The molecule has 2 N–H and O–H groups in total. The van der Waals surface area contributed by atoms with Gasteiger partial charge in [0.1, 0.15) is 11.3 Å². The Balaban J connectivity index is 1.84. The second-order valence-corrected chi connectivity index (χ2v) is 5.81. The van der Waals surface area contributed by atoms with Gasteiger partial charge < -0.3 is 20.1 Å². The fourth-order valence-electron chi connectivity index (χ4n) is 2.75. The zero-order valence-corrected chi connectivity index (χ0v) is 15.2. The highest BCUT2D eigenvalue weighted by Gasteiger charge is 2.15. The van der Waals surface area contributed by atoms with Gasteiger partial charge >= 0.3 is 12.0 Å². The van der Waals surface area contributed by atoms with Gasteiger partial charge in [-0.25, -0.2) is 9.59 Å². The van der Waals surface area contributed by atoms with Crippen molar-refractivity contribution in [1.82, 2.24) is 4.98 Å². The van der Waals surface area contributed by atoms with Crippen LogP contribution in [0.5, 0.6) is 5.75 Å². The number of aromatic nitrogens is 1. The monoisotopic (exact) mass is 365 g/mol. The Labute approximate surface area is 156 Å².